The number of nitrogens with zero attached hydrogens (tertiary/aromatic N) is 3. The van der Waals surface area contributed by atoms with Gasteiger partial charge in [0.2, 0.25) is 0 Å². The average molecular weight is 923 g/mol. The van der Waals surface area contributed by atoms with Gasteiger partial charge >= 0.3 is 0 Å². The quantitative estimate of drug-likeness (QED) is 0.167. The van der Waals surface area contributed by atoms with Crippen LogP contribution in [0.15, 0.2) is 123 Å². The van der Waals surface area contributed by atoms with Gasteiger partial charge in [0, 0.05) is 57.3 Å². The van der Waals surface area contributed by atoms with E-state index in [2.05, 4.69) is 197 Å². The van der Waals surface area contributed by atoms with E-state index in [1.807, 2.05) is 0 Å². The van der Waals surface area contributed by atoms with E-state index in [9.17, 15) is 0 Å². The largest absolute Gasteiger partial charge is 0.349 e. The number of allylic oxidation sites excluding steroid dienone is 7. The molecule has 2 fully saturated rings. The van der Waals surface area contributed by atoms with Crippen LogP contribution in [-0.2, 0) is 5.41 Å². The van der Waals surface area contributed by atoms with E-state index in [1.165, 1.54) is 96.6 Å². The minimum absolute atomic E-state index is 0.000477. The average Bonchev–Trinajstić information content (AvgIpc) is 3.84. The van der Waals surface area contributed by atoms with Crippen molar-refractivity contribution in [2.75, 3.05) is 4.90 Å². The van der Waals surface area contributed by atoms with Gasteiger partial charge in [0.15, 0.2) is 0 Å². The molecule has 5 heteroatoms. The van der Waals surface area contributed by atoms with Gasteiger partial charge in [-0.2, -0.15) is 0 Å². The summed E-state index contributed by atoms with van der Waals surface area (Å²) in [5, 5.41) is 3.99. The molecule has 10 aliphatic rings. The Morgan fingerprint density at radius 2 is 1.59 bits per heavy atom. The number of hydrogen-bond acceptors (Lipinski definition) is 4. The monoisotopic (exact) mass is 923 g/mol. The van der Waals surface area contributed by atoms with Gasteiger partial charge in [0.25, 0.3) is 6.71 Å². The summed E-state index contributed by atoms with van der Waals surface area (Å²) in [6.07, 6.45) is 34.8. The molecule has 0 spiro atoms. The first-order valence-electron chi connectivity index (χ1n) is 28.0. The number of benzene rings is 1. The fraction of sp³-hybridized carbons (Fsp3) is 0.609. The molecule has 1 aromatic rings. The molecule has 1 aromatic carbocycles. The van der Waals surface area contributed by atoms with Gasteiger partial charge in [-0.3, -0.25) is 0 Å². The molecule has 7 atom stereocenters. The second-order valence-electron chi connectivity index (χ2n) is 27.5. The van der Waals surface area contributed by atoms with Crippen molar-refractivity contribution >= 4 is 17.9 Å². The third-order valence-electron chi connectivity index (χ3n) is 20.4. The van der Waals surface area contributed by atoms with Crippen LogP contribution in [0.3, 0.4) is 0 Å². The Hall–Kier alpha value is -4.08. The van der Waals surface area contributed by atoms with Crippen molar-refractivity contribution in [2.24, 2.45) is 33.5 Å². The molecular formula is C64H87BN4. The highest BCUT2D eigenvalue weighted by Crippen LogP contribution is 2.67. The Balaban J connectivity index is 1.23. The summed E-state index contributed by atoms with van der Waals surface area (Å²) < 4.78 is 0. The third-order valence-corrected chi connectivity index (χ3v) is 20.4. The van der Waals surface area contributed by atoms with E-state index in [4.69, 9.17) is 0 Å². The van der Waals surface area contributed by atoms with Crippen molar-refractivity contribution < 1.29 is 0 Å². The van der Waals surface area contributed by atoms with Gasteiger partial charge in [0.1, 0.15) is 5.82 Å². The lowest BCUT2D eigenvalue weighted by molar-refractivity contribution is 0.0484. The first-order chi connectivity index (χ1) is 32.4. The highest BCUT2D eigenvalue weighted by Gasteiger charge is 2.65. The molecule has 0 aromatic heterocycles. The normalized spacial score (nSPS) is 35.3. The molecule has 0 saturated heterocycles. The van der Waals surface area contributed by atoms with E-state index in [1.54, 1.807) is 33.3 Å². The van der Waals surface area contributed by atoms with Crippen LogP contribution in [0.4, 0.5) is 5.69 Å². The van der Waals surface area contributed by atoms with Crippen LogP contribution in [0.1, 0.15) is 205 Å². The zero-order chi connectivity index (χ0) is 49.2. The molecular weight excluding hydrogens is 836 g/mol. The Bertz CT molecular complexity index is 2740. The molecule has 0 radical (unpaired) electrons. The van der Waals surface area contributed by atoms with Gasteiger partial charge in [0.05, 0.1) is 22.8 Å². The van der Waals surface area contributed by atoms with Gasteiger partial charge in [-0.15, -0.1) is 0 Å². The minimum atomic E-state index is -0.0624. The maximum absolute atomic E-state index is 4.60. The van der Waals surface area contributed by atoms with Crippen molar-refractivity contribution in [3.8, 4) is 0 Å². The fourth-order valence-electron chi connectivity index (χ4n) is 16.3. The van der Waals surface area contributed by atoms with E-state index in [-0.39, 0.29) is 56.8 Å². The Labute approximate surface area is 419 Å². The fourth-order valence-corrected chi connectivity index (χ4v) is 16.3. The molecule has 11 rings (SSSR count). The topological polar surface area (TPSA) is 21.8 Å². The summed E-state index contributed by atoms with van der Waals surface area (Å²) in [5.74, 6) is 2.34. The molecule has 69 heavy (non-hydrogen) atoms. The predicted molar refractivity (Wildman–Crippen MR) is 293 cm³/mol. The van der Waals surface area contributed by atoms with E-state index in [0.29, 0.717) is 11.8 Å². The summed E-state index contributed by atoms with van der Waals surface area (Å²) in [5.41, 5.74) is 24.5. The van der Waals surface area contributed by atoms with Gasteiger partial charge < -0.3 is 20.0 Å². The maximum atomic E-state index is 4.60. The standard InChI is InChI=1S/C64H87BN4/c1-17-24-47-45(18-2)56-54(60(47,11)12)46-35-42(59(8,9)10)36-51-55(46)67(56)44-37-43(68-53(66-32-23-27-58(5,6)7)39-61(13)28-19-21-30-63(61,68)15)25-26-52-49(38-44)65(51)50-34-41(40(3)4)33-48-57(50)69(52)64(16)31-22-20-29-62(48,64)14/h23-24,26,32-37,39-40,45-46,55,66H,17-22,25,27-31H2,1-16H3/b32-23-,43-37+,47-24-,52-26?/t45?,46?,55?,61?,62?,63-,64?/m1/s1. The number of hydrogen-bond donors (Lipinski definition) is 1. The molecule has 0 amide bonds. The van der Waals surface area contributed by atoms with Crippen LogP contribution >= 0.6 is 0 Å². The van der Waals surface area contributed by atoms with Gasteiger partial charge in [-0.25, -0.2) is 0 Å². The van der Waals surface area contributed by atoms with Gasteiger partial charge in [-0.05, 0) is 127 Å². The molecule has 1 N–H and O–H groups in total. The molecule has 5 heterocycles. The van der Waals surface area contributed by atoms with Crippen LogP contribution in [0.25, 0.3) is 0 Å². The molecule has 5 aliphatic carbocycles. The molecule has 4 nitrogen and oxygen atoms in total. The van der Waals surface area contributed by atoms with Crippen LogP contribution in [0.2, 0.25) is 0 Å². The first kappa shape index (κ1) is 47.3. The zero-order valence-corrected chi connectivity index (χ0v) is 46.0. The molecule has 2 saturated carbocycles. The Morgan fingerprint density at radius 3 is 2.28 bits per heavy atom. The van der Waals surface area contributed by atoms with Crippen molar-refractivity contribution in [1.82, 2.24) is 15.1 Å². The molecule has 2 bridgehead atoms. The highest BCUT2D eigenvalue weighted by atomic mass is 15.3. The maximum Gasteiger partial charge on any atom is 0.254 e. The summed E-state index contributed by atoms with van der Waals surface area (Å²) in [6.45, 7) is 39.8. The highest BCUT2D eigenvalue weighted by molar-refractivity contribution is 6.89. The van der Waals surface area contributed by atoms with E-state index >= 15 is 0 Å². The summed E-state index contributed by atoms with van der Waals surface area (Å²) in [7, 11) is 0. The van der Waals surface area contributed by atoms with Crippen LogP contribution in [0.5, 0.6) is 0 Å². The number of nitrogens with one attached hydrogen (secondary N) is 1. The molecule has 5 aliphatic heterocycles. The Kier molecular flexibility index (Phi) is 10.6. The Morgan fingerprint density at radius 1 is 0.884 bits per heavy atom. The summed E-state index contributed by atoms with van der Waals surface area (Å²) in [6, 6.07) is 5.56. The lowest BCUT2D eigenvalue weighted by Crippen LogP contribution is -2.59. The van der Waals surface area contributed by atoms with E-state index < -0.39 is 0 Å². The lowest BCUT2D eigenvalue weighted by Gasteiger charge is -2.53. The van der Waals surface area contributed by atoms with Crippen LogP contribution < -0.4 is 15.7 Å². The molecule has 6 unspecified atom stereocenters. The molecule has 366 valence electrons. The minimum Gasteiger partial charge on any atom is -0.349 e. The third kappa shape index (κ3) is 6.45. The van der Waals surface area contributed by atoms with Gasteiger partial charge in [-0.1, -0.05) is 182 Å². The zero-order valence-electron chi connectivity index (χ0n) is 46.0. The van der Waals surface area contributed by atoms with Crippen molar-refractivity contribution in [3.63, 3.8) is 0 Å². The SMILES string of the molecule is CC/C=C1/C(CC)C2=C(C3C=C(C(C)(C)C)C=C4B5C6=C=C(/C=C(/N7C(N/C=C\CC(C)(C)C)=CC8(C)CCCC[C@@]78C)CC=C6N6c7c5cc(C(C)C)cc7C5(C)CCCCC65C)N2C43)C1(C)C. The number of anilines is 1. The van der Waals surface area contributed by atoms with E-state index in [0.717, 1.165) is 25.7 Å². The van der Waals surface area contributed by atoms with Crippen molar-refractivity contribution in [3.05, 3.63) is 134 Å². The lowest BCUT2D eigenvalue weighted by atomic mass is 9.31. The number of fused-ring (bicyclic) bond motifs is 10. The summed E-state index contributed by atoms with van der Waals surface area (Å²) in [4.78, 5) is 8.73. The van der Waals surface area contributed by atoms with Crippen molar-refractivity contribution in [1.29, 1.82) is 0 Å². The second-order valence-corrected chi connectivity index (χ2v) is 27.5. The summed E-state index contributed by atoms with van der Waals surface area (Å²) >= 11 is 0. The number of rotatable bonds is 7. The smallest absolute Gasteiger partial charge is 0.254 e. The van der Waals surface area contributed by atoms with Crippen LogP contribution in [0, 0.1) is 33.5 Å². The van der Waals surface area contributed by atoms with Crippen molar-refractivity contribution in [2.45, 2.75) is 216 Å². The second kappa shape index (κ2) is 15.5. The first-order valence-corrected chi connectivity index (χ1v) is 28.0. The van der Waals surface area contributed by atoms with Crippen LogP contribution in [-0.4, -0.2) is 33.6 Å². The predicted octanol–water partition coefficient (Wildman–Crippen LogP) is 15.5.